The van der Waals surface area contributed by atoms with E-state index in [1.165, 1.54) is 0 Å². The van der Waals surface area contributed by atoms with E-state index in [0.29, 0.717) is 6.42 Å². The van der Waals surface area contributed by atoms with Crippen molar-refractivity contribution in [2.24, 2.45) is 5.92 Å². The summed E-state index contributed by atoms with van der Waals surface area (Å²) in [5.41, 5.74) is 0. The monoisotopic (exact) mass is 101 g/mol. The molecule has 2 nitrogen and oxygen atoms in total. The van der Waals surface area contributed by atoms with E-state index in [1.807, 2.05) is 6.92 Å². The van der Waals surface area contributed by atoms with Crippen LogP contribution in [0.1, 0.15) is 20.3 Å². The molecule has 0 aromatic carbocycles. The molecule has 0 N–H and O–H groups in total. The maximum Gasteiger partial charge on any atom is 0.358 e. The van der Waals surface area contributed by atoms with Gasteiger partial charge in [0.15, 0.2) is 0 Å². The van der Waals surface area contributed by atoms with Gasteiger partial charge in [-0.2, -0.15) is 0 Å². The number of hydrogen-bond acceptors (Lipinski definition) is 1. The van der Waals surface area contributed by atoms with Crippen LogP contribution < -0.4 is 0 Å². The van der Waals surface area contributed by atoms with Crippen LogP contribution in [0.25, 0.3) is 0 Å². The van der Waals surface area contributed by atoms with Gasteiger partial charge in [-0.15, -0.1) is 0 Å². The lowest BCUT2D eigenvalue weighted by Gasteiger charge is -1.93. The molecule has 2 heteroatoms. The summed E-state index contributed by atoms with van der Waals surface area (Å²) in [4.78, 5) is 9.82. The third kappa shape index (κ3) is 2.20. The molecule has 0 unspecified atom stereocenters. The second kappa shape index (κ2) is 2.61. The first kappa shape index (κ1) is 6.47. The molecule has 0 amide bonds. The van der Waals surface area contributed by atoms with Crippen molar-refractivity contribution in [1.29, 1.82) is 0 Å². The summed E-state index contributed by atoms with van der Waals surface area (Å²) >= 11 is 0. The van der Waals surface area contributed by atoms with Crippen LogP contribution in [0.3, 0.4) is 0 Å². The Morgan fingerprint density at radius 1 is 1.71 bits per heavy atom. The van der Waals surface area contributed by atoms with Crippen LogP contribution in [-0.2, 0) is 9.90 Å². The molecule has 0 aromatic rings. The molecule has 1 radical (unpaired) electrons. The number of hydrogen-bond donors (Lipinski definition) is 0. The summed E-state index contributed by atoms with van der Waals surface area (Å²) in [5.74, 6) is -1.25. The fourth-order valence-corrected chi connectivity index (χ4v) is 0.167. The summed E-state index contributed by atoms with van der Waals surface area (Å²) in [7, 11) is 0. The van der Waals surface area contributed by atoms with Gasteiger partial charge < -0.3 is 0 Å². The molecule has 1 atom stereocenters. The van der Waals surface area contributed by atoms with Crippen molar-refractivity contribution in [3.63, 3.8) is 0 Å². The van der Waals surface area contributed by atoms with E-state index in [2.05, 4.69) is 0 Å². The van der Waals surface area contributed by atoms with Gasteiger partial charge in [-0.05, 0) is 6.42 Å². The molecule has 0 aliphatic carbocycles. The van der Waals surface area contributed by atoms with Gasteiger partial charge in [-0.1, -0.05) is 13.8 Å². The van der Waals surface area contributed by atoms with Crippen molar-refractivity contribution in [2.75, 3.05) is 0 Å². The van der Waals surface area contributed by atoms with Crippen molar-refractivity contribution >= 4 is 5.97 Å². The maximum atomic E-state index is 9.82. The SMILES string of the molecule is CC[C@H](C)C([O])=O. The van der Waals surface area contributed by atoms with E-state index in [4.69, 9.17) is 0 Å². The zero-order valence-corrected chi connectivity index (χ0v) is 4.60. The van der Waals surface area contributed by atoms with Crippen LogP contribution in [0.5, 0.6) is 0 Å². The third-order valence-electron chi connectivity index (χ3n) is 1.01. The first-order valence-electron chi connectivity index (χ1n) is 2.39. The van der Waals surface area contributed by atoms with Crippen LogP contribution >= 0.6 is 0 Å². The Kier molecular flexibility index (Phi) is 2.41. The van der Waals surface area contributed by atoms with Crippen molar-refractivity contribution in [2.45, 2.75) is 20.3 Å². The van der Waals surface area contributed by atoms with Gasteiger partial charge in [0.2, 0.25) is 0 Å². The van der Waals surface area contributed by atoms with Gasteiger partial charge in [-0.25, -0.2) is 9.90 Å². The Balaban J connectivity index is 3.34. The predicted octanol–water partition coefficient (Wildman–Crippen LogP) is 0.990. The molecule has 0 aromatic heterocycles. The average molecular weight is 101 g/mol. The molecule has 0 fully saturated rings. The van der Waals surface area contributed by atoms with Gasteiger partial charge in [0.05, 0.1) is 5.92 Å². The summed E-state index contributed by atoms with van der Waals surface area (Å²) in [5, 5.41) is 9.82. The molecular weight excluding hydrogens is 92.1 g/mol. The molecule has 0 aliphatic heterocycles. The predicted molar refractivity (Wildman–Crippen MR) is 25.1 cm³/mol. The zero-order chi connectivity index (χ0) is 5.86. The fourth-order valence-electron chi connectivity index (χ4n) is 0.167. The first-order valence-corrected chi connectivity index (χ1v) is 2.39. The number of rotatable bonds is 2. The van der Waals surface area contributed by atoms with Crippen molar-refractivity contribution in [1.82, 2.24) is 0 Å². The molecule has 0 spiro atoms. The van der Waals surface area contributed by atoms with Gasteiger partial charge in [0.25, 0.3) is 0 Å². The van der Waals surface area contributed by atoms with E-state index in [9.17, 15) is 9.90 Å². The minimum atomic E-state index is -0.956. The summed E-state index contributed by atoms with van der Waals surface area (Å²) < 4.78 is 0. The van der Waals surface area contributed by atoms with E-state index in [1.54, 1.807) is 6.92 Å². The fraction of sp³-hybridized carbons (Fsp3) is 0.800. The Bertz CT molecular complexity index is 68.5. The molecule has 0 saturated carbocycles. The van der Waals surface area contributed by atoms with Crippen molar-refractivity contribution in [3.8, 4) is 0 Å². The average Bonchev–Trinajstić information content (AvgIpc) is 1.65. The zero-order valence-electron chi connectivity index (χ0n) is 4.60. The second-order valence-corrected chi connectivity index (χ2v) is 1.63. The normalized spacial score (nSPS) is 13.4. The molecule has 7 heavy (non-hydrogen) atoms. The minimum Gasteiger partial charge on any atom is -0.247 e. The highest BCUT2D eigenvalue weighted by Crippen LogP contribution is 1.98. The quantitative estimate of drug-likeness (QED) is 0.511. The highest BCUT2D eigenvalue weighted by atomic mass is 16.4. The molecule has 41 valence electrons. The molecule has 0 bridgehead atoms. The number of carbonyl (C=O) groups is 1. The van der Waals surface area contributed by atoms with Gasteiger partial charge in [0.1, 0.15) is 0 Å². The Hall–Kier alpha value is -0.530. The Morgan fingerprint density at radius 3 is 2.14 bits per heavy atom. The van der Waals surface area contributed by atoms with E-state index in [-0.39, 0.29) is 5.92 Å². The molecule has 0 saturated heterocycles. The minimum absolute atomic E-state index is 0.292. The number of carbonyl (C=O) groups excluding carboxylic acids is 1. The summed E-state index contributed by atoms with van der Waals surface area (Å²) in [6, 6.07) is 0. The lowest BCUT2D eigenvalue weighted by molar-refractivity contribution is -0.147. The highest BCUT2D eigenvalue weighted by Gasteiger charge is 2.08. The smallest absolute Gasteiger partial charge is 0.247 e. The Labute approximate surface area is 43.2 Å². The standard InChI is InChI=1S/C5H9O2/c1-3-4(2)5(6)7/h4H,3H2,1-2H3/t4-/m0/s1. The van der Waals surface area contributed by atoms with Crippen LogP contribution in [0.4, 0.5) is 0 Å². The van der Waals surface area contributed by atoms with Crippen molar-refractivity contribution < 1.29 is 9.90 Å². The second-order valence-electron chi connectivity index (χ2n) is 1.63. The largest absolute Gasteiger partial charge is 0.358 e. The molecule has 0 aliphatic rings. The maximum absolute atomic E-state index is 9.82. The van der Waals surface area contributed by atoms with Gasteiger partial charge in [0, 0.05) is 0 Å². The van der Waals surface area contributed by atoms with Crippen molar-refractivity contribution in [3.05, 3.63) is 0 Å². The Morgan fingerprint density at radius 2 is 2.14 bits per heavy atom. The van der Waals surface area contributed by atoms with E-state index in [0.717, 1.165) is 0 Å². The molecule has 0 heterocycles. The molecule has 0 rings (SSSR count). The van der Waals surface area contributed by atoms with E-state index >= 15 is 0 Å². The summed E-state index contributed by atoms with van der Waals surface area (Å²) in [6.07, 6.45) is 0.655. The van der Waals surface area contributed by atoms with E-state index < -0.39 is 5.97 Å². The summed E-state index contributed by atoms with van der Waals surface area (Å²) in [6.45, 7) is 3.45. The lowest BCUT2D eigenvalue weighted by Crippen LogP contribution is -2.05. The molecular formula is C5H9O2. The van der Waals surface area contributed by atoms with Crippen LogP contribution in [0.15, 0.2) is 0 Å². The van der Waals surface area contributed by atoms with Crippen LogP contribution in [-0.4, -0.2) is 5.97 Å². The van der Waals surface area contributed by atoms with Crippen LogP contribution in [0, 0.1) is 5.92 Å². The van der Waals surface area contributed by atoms with Crippen LogP contribution in [0.2, 0.25) is 0 Å². The third-order valence-corrected chi connectivity index (χ3v) is 1.01. The first-order chi connectivity index (χ1) is 3.18. The topological polar surface area (TPSA) is 37.0 Å². The highest BCUT2D eigenvalue weighted by molar-refractivity contribution is 5.68. The van der Waals surface area contributed by atoms with Gasteiger partial charge in [-0.3, -0.25) is 0 Å². The van der Waals surface area contributed by atoms with Gasteiger partial charge >= 0.3 is 5.97 Å². The lowest BCUT2D eigenvalue weighted by atomic mass is 10.1.